The Kier molecular flexibility index (Phi) is 3.39. The summed E-state index contributed by atoms with van der Waals surface area (Å²) >= 11 is 5.18. The van der Waals surface area contributed by atoms with Gasteiger partial charge in [-0.2, -0.15) is 0 Å². The highest BCUT2D eigenvalue weighted by atomic mass is 35.5. The van der Waals surface area contributed by atoms with Gasteiger partial charge in [0.1, 0.15) is 9.99 Å². The molecule has 0 aliphatic rings. The number of hydrogen-bond acceptors (Lipinski definition) is 1. The summed E-state index contributed by atoms with van der Waals surface area (Å²) in [5, 5.41) is 5.79. The lowest BCUT2D eigenvalue weighted by molar-refractivity contribution is 0.561. The molecule has 50 valence electrons. The summed E-state index contributed by atoms with van der Waals surface area (Å²) in [6.45, 7) is 0. The summed E-state index contributed by atoms with van der Waals surface area (Å²) in [5.74, 6) is 0.328. The fourth-order valence-corrected chi connectivity index (χ4v) is 0.907. The Hall–Kier alpha value is 0.230. The largest absolute Gasteiger partial charge is 0.303 e. The molecule has 0 aliphatic carbocycles. The predicted octanol–water partition coefficient (Wildman–Crippen LogP) is 0.0486. The lowest BCUT2D eigenvalue weighted by Gasteiger charge is -1.89. The second-order valence-corrected chi connectivity index (χ2v) is 3.20. The molecule has 0 aromatic carbocycles. The van der Waals surface area contributed by atoms with Crippen LogP contribution in [0.25, 0.3) is 0 Å². The molecular weight excluding hydrogens is 150 g/mol. The van der Waals surface area contributed by atoms with Crippen LogP contribution in [0, 0.1) is 0 Å². The molecule has 0 aromatic rings. The quantitative estimate of drug-likeness (QED) is 0.440. The molecule has 5 heteroatoms. The van der Waals surface area contributed by atoms with E-state index in [0.717, 1.165) is 5.37 Å². The summed E-state index contributed by atoms with van der Waals surface area (Å²) in [7, 11) is -3.15. The number of halogens is 1. The van der Waals surface area contributed by atoms with Crippen molar-refractivity contribution < 1.29 is 8.76 Å². The normalized spacial score (nSPS) is 17.4. The van der Waals surface area contributed by atoms with Gasteiger partial charge in [0.15, 0.2) is 0 Å². The van der Waals surface area contributed by atoms with Gasteiger partial charge in [-0.1, -0.05) is 0 Å². The van der Waals surface area contributed by atoms with E-state index in [4.69, 9.17) is 21.3 Å². The molecule has 0 amide bonds. The third-order valence-corrected chi connectivity index (χ3v) is 1.40. The minimum atomic E-state index is -3.15. The molecular formula is C3H8ClNO2S. The van der Waals surface area contributed by atoms with E-state index in [-0.39, 0.29) is 0 Å². The number of alkyl halides is 1. The summed E-state index contributed by atoms with van der Waals surface area (Å²) < 4.78 is 18.5. The third kappa shape index (κ3) is 6.23. The van der Waals surface area contributed by atoms with Crippen molar-refractivity contribution in [3.05, 3.63) is 0 Å². The van der Waals surface area contributed by atoms with E-state index in [1.54, 1.807) is 0 Å². The molecule has 0 saturated heterocycles. The van der Waals surface area contributed by atoms with Crippen molar-refractivity contribution in [3.8, 4) is 0 Å². The van der Waals surface area contributed by atoms with Crippen molar-refractivity contribution in [3.63, 3.8) is 0 Å². The Balaban J connectivity index is 3.78. The summed E-state index contributed by atoms with van der Waals surface area (Å²) in [6, 6.07) is 0. The standard InChI is InChI=1S/C3H8ClNO2S/c4-2-1-3-8(5,6)7/h3H,1-2H2,(H3,5,6,7). The molecule has 3 N–H and O–H groups in total. The first-order chi connectivity index (χ1) is 3.56. The van der Waals surface area contributed by atoms with Crippen molar-refractivity contribution in [1.82, 2.24) is 0 Å². The van der Waals surface area contributed by atoms with Gasteiger partial charge in [0.2, 0.25) is 0 Å². The molecule has 0 spiro atoms. The van der Waals surface area contributed by atoms with Crippen molar-refractivity contribution in [1.29, 1.82) is 0 Å². The van der Waals surface area contributed by atoms with Crippen LogP contribution in [0.4, 0.5) is 0 Å². The van der Waals surface area contributed by atoms with Crippen LogP contribution in [0.1, 0.15) is 6.42 Å². The fourth-order valence-electron chi connectivity index (χ4n) is 0.213. The van der Waals surface area contributed by atoms with Crippen molar-refractivity contribution >= 4 is 27.0 Å². The highest BCUT2D eigenvalue weighted by molar-refractivity contribution is 7.93. The summed E-state index contributed by atoms with van der Waals surface area (Å²) in [5.41, 5.74) is 0. The molecule has 0 rings (SSSR count). The van der Waals surface area contributed by atoms with Crippen LogP contribution in [0.5, 0.6) is 0 Å². The van der Waals surface area contributed by atoms with Gasteiger partial charge in [-0.05, 0) is 6.42 Å². The van der Waals surface area contributed by atoms with Crippen LogP contribution in [-0.4, -0.2) is 20.0 Å². The Morgan fingerprint density at radius 2 is 2.38 bits per heavy atom. The zero-order valence-electron chi connectivity index (χ0n) is 4.21. The maximum atomic E-state index is 10.2. The molecule has 8 heavy (non-hydrogen) atoms. The van der Waals surface area contributed by atoms with Crippen LogP contribution in [0.2, 0.25) is 0 Å². The lowest BCUT2D eigenvalue weighted by Crippen LogP contribution is -2.13. The van der Waals surface area contributed by atoms with Crippen molar-refractivity contribution in [2.45, 2.75) is 6.42 Å². The van der Waals surface area contributed by atoms with Crippen LogP contribution >= 0.6 is 11.6 Å². The van der Waals surface area contributed by atoms with Gasteiger partial charge in [0.05, 0.1) is 0 Å². The predicted molar refractivity (Wildman–Crippen MR) is 36.4 cm³/mol. The highest BCUT2D eigenvalue weighted by Crippen LogP contribution is 1.79. The second kappa shape index (κ2) is 3.29. The van der Waals surface area contributed by atoms with Gasteiger partial charge >= 0.3 is 0 Å². The molecule has 0 aliphatic heterocycles. The first-order valence-electron chi connectivity index (χ1n) is 2.00. The zero-order valence-corrected chi connectivity index (χ0v) is 5.78. The monoisotopic (exact) mass is 157 g/mol. The van der Waals surface area contributed by atoms with E-state index in [2.05, 4.69) is 0 Å². The van der Waals surface area contributed by atoms with Gasteiger partial charge in [-0.3, -0.25) is 0 Å². The van der Waals surface area contributed by atoms with Gasteiger partial charge in [-0.25, -0.2) is 9.35 Å². The van der Waals surface area contributed by atoms with Gasteiger partial charge in [0.25, 0.3) is 0 Å². The second-order valence-electron chi connectivity index (χ2n) is 1.26. The molecule has 0 aromatic heterocycles. The Labute approximate surface area is 53.8 Å². The zero-order chi connectivity index (χ0) is 6.62. The van der Waals surface area contributed by atoms with E-state index in [9.17, 15) is 4.21 Å². The number of nitrogens with two attached hydrogens (primary N) is 1. The first kappa shape index (κ1) is 8.23. The van der Waals surface area contributed by atoms with Gasteiger partial charge in [-0.15, -0.1) is 11.6 Å². The lowest BCUT2D eigenvalue weighted by atomic mass is 10.6. The number of rotatable bonds is 2. The summed E-state index contributed by atoms with van der Waals surface area (Å²) in [6.07, 6.45) is 0.368. The average Bonchev–Trinajstić information content (AvgIpc) is 1.59. The maximum Gasteiger partial charge on any atom is 0.138 e. The molecule has 0 radical (unpaired) electrons. The topological polar surface area (TPSA) is 63.3 Å². The third-order valence-electron chi connectivity index (χ3n) is 0.466. The minimum absolute atomic E-state index is 0.328. The minimum Gasteiger partial charge on any atom is -0.303 e. The van der Waals surface area contributed by atoms with Crippen molar-refractivity contribution in [2.24, 2.45) is 5.14 Å². The number of hydrogen-bond donors (Lipinski definition) is 2. The van der Waals surface area contributed by atoms with Crippen LogP contribution in [-0.2, 0) is 9.99 Å². The summed E-state index contributed by atoms with van der Waals surface area (Å²) in [4.78, 5) is 0. The van der Waals surface area contributed by atoms with Gasteiger partial charge < -0.3 is 4.55 Å². The van der Waals surface area contributed by atoms with E-state index in [1.165, 1.54) is 0 Å². The highest BCUT2D eigenvalue weighted by Gasteiger charge is 1.86. The van der Waals surface area contributed by atoms with Gasteiger partial charge in [0, 0.05) is 11.2 Å². The smallest absolute Gasteiger partial charge is 0.138 e. The molecule has 0 heterocycles. The SMILES string of the molecule is NS(=O)(O)=CCCCl. The molecule has 0 saturated carbocycles. The van der Waals surface area contributed by atoms with Crippen LogP contribution < -0.4 is 5.14 Å². The van der Waals surface area contributed by atoms with E-state index >= 15 is 0 Å². The maximum absolute atomic E-state index is 10.2. The Morgan fingerprint density at radius 1 is 1.88 bits per heavy atom. The molecule has 0 bridgehead atoms. The van der Waals surface area contributed by atoms with Crippen molar-refractivity contribution in [2.75, 3.05) is 5.88 Å². The Bertz CT molecular complexity index is 153. The van der Waals surface area contributed by atoms with E-state index in [1.807, 2.05) is 0 Å². The first-order valence-corrected chi connectivity index (χ1v) is 4.17. The fraction of sp³-hybridized carbons (Fsp3) is 0.667. The van der Waals surface area contributed by atoms with Crippen LogP contribution in [0.3, 0.4) is 0 Å². The molecule has 1 atom stereocenters. The van der Waals surface area contributed by atoms with E-state index in [0.29, 0.717) is 12.3 Å². The Morgan fingerprint density at radius 3 is 2.50 bits per heavy atom. The van der Waals surface area contributed by atoms with E-state index < -0.39 is 9.99 Å². The molecule has 3 nitrogen and oxygen atoms in total. The molecule has 0 fully saturated rings. The average molecular weight is 158 g/mol. The molecule has 1 unspecified atom stereocenters. The van der Waals surface area contributed by atoms with Crippen LogP contribution in [0.15, 0.2) is 0 Å².